The number of hydrogen-bond donors (Lipinski definition) is 3. The molecule has 1 heterocycles. The van der Waals surface area contributed by atoms with Gasteiger partial charge in [0.05, 0.1) is 18.6 Å². The number of carbonyl (C=O) groups is 2. The van der Waals surface area contributed by atoms with Crippen molar-refractivity contribution in [2.75, 3.05) is 28.8 Å². The second kappa shape index (κ2) is 8.37. The summed E-state index contributed by atoms with van der Waals surface area (Å²) in [7, 11) is 1.52. The summed E-state index contributed by atoms with van der Waals surface area (Å²) < 4.78 is 5.99. The largest absolute Gasteiger partial charge is 0.495 e. The molecule has 26 heavy (non-hydrogen) atoms. The first-order valence-corrected chi connectivity index (χ1v) is 9.82. The van der Waals surface area contributed by atoms with Gasteiger partial charge in [-0.2, -0.15) is 0 Å². The van der Waals surface area contributed by atoms with Crippen LogP contribution < -0.4 is 20.7 Å². The van der Waals surface area contributed by atoms with Crippen molar-refractivity contribution >= 4 is 51.4 Å². The third kappa shape index (κ3) is 5.33. The molecule has 8 nitrogen and oxygen atoms in total. The van der Waals surface area contributed by atoms with Crippen LogP contribution in [0.4, 0.5) is 16.5 Å². The maximum absolute atomic E-state index is 12.2. The van der Waals surface area contributed by atoms with Crippen molar-refractivity contribution in [2.24, 2.45) is 0 Å². The lowest BCUT2D eigenvalue weighted by Gasteiger charge is -2.12. The van der Waals surface area contributed by atoms with Crippen LogP contribution in [0.2, 0.25) is 0 Å². The molecule has 0 radical (unpaired) electrons. The Hall–Kier alpha value is -2.33. The maximum Gasteiger partial charge on any atom is 0.234 e. The number of carbonyl (C=O) groups excluding carboxylic acids is 2. The van der Waals surface area contributed by atoms with Gasteiger partial charge in [-0.25, -0.2) is 0 Å². The number of nitrogens with zero attached hydrogens (tertiary/aromatic N) is 2. The smallest absolute Gasteiger partial charge is 0.234 e. The van der Waals surface area contributed by atoms with Gasteiger partial charge in [0.25, 0.3) is 0 Å². The average Bonchev–Trinajstić information content (AvgIpc) is 3.29. The first-order valence-electron chi connectivity index (χ1n) is 8.02. The van der Waals surface area contributed by atoms with Gasteiger partial charge in [-0.1, -0.05) is 23.1 Å². The van der Waals surface area contributed by atoms with Crippen LogP contribution in [-0.2, 0) is 9.59 Å². The van der Waals surface area contributed by atoms with Crippen LogP contribution >= 0.6 is 23.1 Å². The summed E-state index contributed by atoms with van der Waals surface area (Å²) in [6.07, 6.45) is 2.34. The minimum Gasteiger partial charge on any atom is -0.495 e. The Kier molecular flexibility index (Phi) is 5.94. The summed E-state index contributed by atoms with van der Waals surface area (Å²) >= 11 is 2.77. The number of benzene rings is 1. The highest BCUT2D eigenvalue weighted by Crippen LogP contribution is 2.31. The third-order valence-corrected chi connectivity index (χ3v) is 5.42. The van der Waals surface area contributed by atoms with Crippen LogP contribution in [0.15, 0.2) is 22.5 Å². The molecule has 3 rings (SSSR count). The lowest BCUT2D eigenvalue weighted by atomic mass is 10.2. The lowest BCUT2D eigenvalue weighted by molar-refractivity contribution is -0.114. The van der Waals surface area contributed by atoms with Gasteiger partial charge in [0.15, 0.2) is 4.34 Å². The average molecular weight is 393 g/mol. The highest BCUT2D eigenvalue weighted by molar-refractivity contribution is 8.01. The molecule has 1 saturated carbocycles. The van der Waals surface area contributed by atoms with Crippen LogP contribution in [0.5, 0.6) is 5.75 Å². The zero-order valence-electron chi connectivity index (χ0n) is 14.4. The van der Waals surface area contributed by atoms with Gasteiger partial charge in [-0.15, -0.1) is 10.2 Å². The van der Waals surface area contributed by atoms with E-state index in [9.17, 15) is 9.59 Å². The number of methoxy groups -OCH3 is 1. The van der Waals surface area contributed by atoms with E-state index < -0.39 is 0 Å². The molecule has 0 saturated heterocycles. The molecule has 3 N–H and O–H groups in total. The molecule has 2 amide bonds. The van der Waals surface area contributed by atoms with Crippen LogP contribution in [0, 0.1) is 0 Å². The van der Waals surface area contributed by atoms with E-state index in [0.29, 0.717) is 23.2 Å². The second-order valence-corrected chi connectivity index (χ2v) is 7.92. The van der Waals surface area contributed by atoms with Gasteiger partial charge in [0.2, 0.25) is 16.9 Å². The Bertz CT molecular complexity index is 807. The second-order valence-electron chi connectivity index (χ2n) is 5.72. The minimum atomic E-state index is -0.194. The summed E-state index contributed by atoms with van der Waals surface area (Å²) in [5.41, 5.74) is 1.08. The van der Waals surface area contributed by atoms with Gasteiger partial charge < -0.3 is 20.7 Å². The van der Waals surface area contributed by atoms with Gasteiger partial charge in [0.1, 0.15) is 5.75 Å². The van der Waals surface area contributed by atoms with Crippen molar-refractivity contribution in [2.45, 2.75) is 30.1 Å². The van der Waals surface area contributed by atoms with Crippen LogP contribution in [0.25, 0.3) is 0 Å². The molecule has 1 aromatic carbocycles. The quantitative estimate of drug-likeness (QED) is 0.592. The van der Waals surface area contributed by atoms with E-state index in [4.69, 9.17) is 4.74 Å². The van der Waals surface area contributed by atoms with E-state index in [1.54, 1.807) is 18.2 Å². The lowest BCUT2D eigenvalue weighted by Crippen LogP contribution is -2.15. The number of anilines is 3. The zero-order chi connectivity index (χ0) is 18.5. The van der Waals surface area contributed by atoms with Crippen molar-refractivity contribution in [3.8, 4) is 5.75 Å². The molecule has 0 spiro atoms. The van der Waals surface area contributed by atoms with E-state index in [2.05, 4.69) is 26.1 Å². The Morgan fingerprint density at radius 1 is 1.31 bits per heavy atom. The summed E-state index contributed by atoms with van der Waals surface area (Å²) in [6.45, 7) is 1.42. The molecule has 0 unspecified atom stereocenters. The summed E-state index contributed by atoms with van der Waals surface area (Å²) in [5, 5.41) is 17.7. The van der Waals surface area contributed by atoms with Gasteiger partial charge >= 0.3 is 0 Å². The van der Waals surface area contributed by atoms with Crippen molar-refractivity contribution in [1.82, 2.24) is 10.2 Å². The third-order valence-electron chi connectivity index (χ3n) is 3.43. The fourth-order valence-electron chi connectivity index (χ4n) is 2.13. The van der Waals surface area contributed by atoms with Gasteiger partial charge in [0, 0.05) is 18.7 Å². The van der Waals surface area contributed by atoms with Crippen LogP contribution in [0.3, 0.4) is 0 Å². The molecule has 1 aliphatic carbocycles. The molecule has 0 bridgehead atoms. The fourth-order valence-corrected chi connectivity index (χ4v) is 3.76. The Morgan fingerprint density at radius 2 is 2.12 bits per heavy atom. The molecule has 0 atom stereocenters. The molecule has 1 aromatic heterocycles. The van der Waals surface area contributed by atoms with E-state index >= 15 is 0 Å². The van der Waals surface area contributed by atoms with Gasteiger partial charge in [-0.3, -0.25) is 9.59 Å². The number of hydrogen-bond acceptors (Lipinski definition) is 8. The molecule has 1 fully saturated rings. The number of nitrogens with one attached hydrogen (secondary N) is 3. The maximum atomic E-state index is 12.2. The van der Waals surface area contributed by atoms with E-state index in [-0.39, 0.29) is 17.6 Å². The first kappa shape index (κ1) is 18.5. The molecule has 138 valence electrons. The fraction of sp³-hybridized carbons (Fsp3) is 0.375. The molecule has 10 heteroatoms. The van der Waals surface area contributed by atoms with E-state index in [0.717, 1.165) is 9.47 Å². The zero-order valence-corrected chi connectivity index (χ0v) is 16.0. The Balaban J connectivity index is 1.56. The normalized spacial score (nSPS) is 13.2. The predicted molar refractivity (Wildman–Crippen MR) is 103 cm³/mol. The molecule has 1 aliphatic rings. The van der Waals surface area contributed by atoms with E-state index in [1.807, 2.05) is 0 Å². The monoisotopic (exact) mass is 393 g/mol. The standard InChI is InChI=1S/C16H19N5O3S2/c1-9(22)17-11-5-6-13(24-2)12(7-11)19-14(23)8-25-16-21-20-15(26-16)18-10-3-4-10/h5-7,10H,3-4,8H2,1-2H3,(H,17,22)(H,18,20)(H,19,23). The topological polar surface area (TPSA) is 105 Å². The summed E-state index contributed by atoms with van der Waals surface area (Å²) in [5.74, 6) is 0.338. The van der Waals surface area contributed by atoms with Crippen molar-refractivity contribution in [1.29, 1.82) is 0 Å². The van der Waals surface area contributed by atoms with Crippen molar-refractivity contribution in [3.63, 3.8) is 0 Å². The van der Waals surface area contributed by atoms with Crippen LogP contribution in [-0.4, -0.2) is 40.9 Å². The molecule has 2 aromatic rings. The number of ether oxygens (including phenoxy) is 1. The van der Waals surface area contributed by atoms with Gasteiger partial charge in [-0.05, 0) is 31.0 Å². The SMILES string of the molecule is COc1ccc(NC(C)=O)cc1NC(=O)CSc1nnc(NC2CC2)s1. The van der Waals surface area contributed by atoms with Crippen LogP contribution in [0.1, 0.15) is 19.8 Å². The number of aromatic nitrogens is 2. The van der Waals surface area contributed by atoms with Crippen molar-refractivity contribution < 1.29 is 14.3 Å². The highest BCUT2D eigenvalue weighted by Gasteiger charge is 2.22. The summed E-state index contributed by atoms with van der Waals surface area (Å²) in [4.78, 5) is 23.4. The number of thioether (sulfide) groups is 1. The number of rotatable bonds is 8. The molecular formula is C16H19N5O3S2. The van der Waals surface area contributed by atoms with E-state index in [1.165, 1.54) is 50.0 Å². The molecule has 0 aliphatic heterocycles. The molecular weight excluding hydrogens is 374 g/mol. The first-order chi connectivity index (χ1) is 12.5. The predicted octanol–water partition coefficient (Wildman–Crippen LogP) is 2.81. The Labute approximate surface area is 159 Å². The summed E-state index contributed by atoms with van der Waals surface area (Å²) in [6, 6.07) is 5.58. The minimum absolute atomic E-state index is 0.185. The Morgan fingerprint density at radius 3 is 2.81 bits per heavy atom. The van der Waals surface area contributed by atoms with Crippen molar-refractivity contribution in [3.05, 3.63) is 18.2 Å². The highest BCUT2D eigenvalue weighted by atomic mass is 32.2. The number of amides is 2.